The highest BCUT2D eigenvalue weighted by atomic mass is 79.9. The highest BCUT2D eigenvalue weighted by Gasteiger charge is 2.31. The maximum Gasteiger partial charge on any atom is 0.222 e. The molecule has 2 rings (SSSR count). The van der Waals surface area contributed by atoms with Crippen molar-refractivity contribution in [3.05, 3.63) is 22.8 Å². The molecule has 0 spiro atoms. The number of rotatable bonds is 3. The van der Waals surface area contributed by atoms with Crippen LogP contribution in [0.5, 0.6) is 0 Å². The van der Waals surface area contributed by atoms with Crippen LogP contribution < -0.4 is 11.1 Å². The summed E-state index contributed by atoms with van der Waals surface area (Å²) in [5.41, 5.74) is 5.36. The van der Waals surface area contributed by atoms with Gasteiger partial charge < -0.3 is 11.1 Å². The van der Waals surface area contributed by atoms with Gasteiger partial charge in [0.25, 0.3) is 0 Å². The lowest BCUT2D eigenvalue weighted by molar-refractivity contribution is -0.121. The molecular weight excluding hydrogens is 270 g/mol. The highest BCUT2D eigenvalue weighted by Crippen LogP contribution is 2.27. The van der Waals surface area contributed by atoms with Crippen LogP contribution in [0.3, 0.4) is 0 Å². The lowest BCUT2D eigenvalue weighted by atomic mass is 10.0. The highest BCUT2D eigenvalue weighted by molar-refractivity contribution is 9.10. The normalized spacial score (nSPS) is 24.3. The van der Waals surface area contributed by atoms with Crippen molar-refractivity contribution in [3.8, 4) is 0 Å². The first kappa shape index (κ1) is 11.4. The third-order valence-electron chi connectivity index (χ3n) is 2.94. The number of hydrogen-bond donors (Lipinski definition) is 2. The number of primary amides is 1. The van der Waals surface area contributed by atoms with Crippen LogP contribution in [-0.4, -0.2) is 16.9 Å². The quantitative estimate of drug-likeness (QED) is 0.891. The molecule has 2 atom stereocenters. The van der Waals surface area contributed by atoms with Gasteiger partial charge in [0.1, 0.15) is 5.82 Å². The van der Waals surface area contributed by atoms with E-state index in [-0.39, 0.29) is 17.9 Å². The summed E-state index contributed by atoms with van der Waals surface area (Å²) < 4.78 is 0.941. The molecule has 0 saturated heterocycles. The zero-order chi connectivity index (χ0) is 11.5. The summed E-state index contributed by atoms with van der Waals surface area (Å²) in [6.07, 6.45) is 4.63. The Kier molecular flexibility index (Phi) is 3.43. The summed E-state index contributed by atoms with van der Waals surface area (Å²) in [4.78, 5) is 15.4. The first-order valence-electron chi connectivity index (χ1n) is 5.34. The maximum atomic E-state index is 11.2. The number of nitrogens with one attached hydrogen (secondary N) is 1. The van der Waals surface area contributed by atoms with E-state index in [0.717, 1.165) is 29.6 Å². The van der Waals surface area contributed by atoms with Crippen LogP contribution in [0.2, 0.25) is 0 Å². The smallest absolute Gasteiger partial charge is 0.222 e. The Hall–Kier alpha value is -1.10. The number of amides is 1. The van der Waals surface area contributed by atoms with E-state index in [1.165, 1.54) is 0 Å². The number of anilines is 1. The second-order valence-electron chi connectivity index (χ2n) is 4.05. The van der Waals surface area contributed by atoms with Crippen molar-refractivity contribution in [2.24, 2.45) is 11.7 Å². The Bertz CT molecular complexity index is 379. The number of carbonyl (C=O) groups excluding carboxylic acids is 1. The van der Waals surface area contributed by atoms with Gasteiger partial charge in [-0.15, -0.1) is 0 Å². The van der Waals surface area contributed by atoms with E-state index >= 15 is 0 Å². The fourth-order valence-corrected chi connectivity index (χ4v) is 2.36. The fourth-order valence-electron chi connectivity index (χ4n) is 2.12. The number of carbonyl (C=O) groups is 1. The zero-order valence-electron chi connectivity index (χ0n) is 8.82. The van der Waals surface area contributed by atoms with Crippen molar-refractivity contribution in [2.75, 3.05) is 5.32 Å². The van der Waals surface area contributed by atoms with Gasteiger partial charge in [-0.2, -0.15) is 0 Å². The number of nitrogens with zero attached hydrogens (tertiary/aromatic N) is 1. The molecule has 1 aromatic heterocycles. The number of hydrogen-bond acceptors (Lipinski definition) is 3. The van der Waals surface area contributed by atoms with Gasteiger partial charge in [0.2, 0.25) is 5.91 Å². The molecule has 1 heterocycles. The van der Waals surface area contributed by atoms with Crippen LogP contribution in [-0.2, 0) is 4.79 Å². The SMILES string of the molecule is NC(=O)[C@H]1CCC[C@@H]1Nc1ccc(Br)cn1. The summed E-state index contributed by atoms with van der Waals surface area (Å²) >= 11 is 3.33. The lowest BCUT2D eigenvalue weighted by Gasteiger charge is -2.18. The molecule has 0 unspecified atom stereocenters. The molecule has 1 amide bonds. The third kappa shape index (κ3) is 2.52. The van der Waals surface area contributed by atoms with Gasteiger partial charge in [-0.3, -0.25) is 4.79 Å². The van der Waals surface area contributed by atoms with E-state index < -0.39 is 0 Å². The Balaban J connectivity index is 2.03. The first-order valence-corrected chi connectivity index (χ1v) is 6.13. The Labute approximate surface area is 103 Å². The minimum atomic E-state index is -0.216. The van der Waals surface area contributed by atoms with Crippen molar-refractivity contribution in [2.45, 2.75) is 25.3 Å². The van der Waals surface area contributed by atoms with E-state index in [0.29, 0.717) is 0 Å². The minimum Gasteiger partial charge on any atom is -0.369 e. The standard InChI is InChI=1S/C11H14BrN3O/c12-7-4-5-10(14-6-7)15-9-3-1-2-8(9)11(13)16/h4-6,8-9H,1-3H2,(H2,13,16)(H,14,15)/t8-,9-/m0/s1. The molecule has 0 radical (unpaired) electrons. The van der Waals surface area contributed by atoms with Crippen LogP contribution >= 0.6 is 15.9 Å². The number of nitrogens with two attached hydrogens (primary N) is 1. The van der Waals surface area contributed by atoms with Crippen molar-refractivity contribution in [3.63, 3.8) is 0 Å². The number of aromatic nitrogens is 1. The van der Waals surface area contributed by atoms with E-state index in [1.807, 2.05) is 12.1 Å². The average Bonchev–Trinajstić information content (AvgIpc) is 2.69. The molecule has 1 aromatic rings. The lowest BCUT2D eigenvalue weighted by Crippen LogP contribution is -2.34. The van der Waals surface area contributed by atoms with Crippen LogP contribution in [0.15, 0.2) is 22.8 Å². The molecule has 4 nitrogen and oxygen atoms in total. The van der Waals surface area contributed by atoms with E-state index in [1.54, 1.807) is 6.20 Å². The van der Waals surface area contributed by atoms with Gasteiger partial charge in [0.05, 0.1) is 5.92 Å². The third-order valence-corrected chi connectivity index (χ3v) is 3.41. The molecular formula is C11H14BrN3O. The van der Waals surface area contributed by atoms with Gasteiger partial charge >= 0.3 is 0 Å². The molecule has 1 saturated carbocycles. The van der Waals surface area contributed by atoms with E-state index in [2.05, 4.69) is 26.2 Å². The fraction of sp³-hybridized carbons (Fsp3) is 0.455. The van der Waals surface area contributed by atoms with Gasteiger partial charge in [-0.25, -0.2) is 4.98 Å². The van der Waals surface area contributed by atoms with E-state index in [4.69, 9.17) is 5.73 Å². The molecule has 0 bridgehead atoms. The zero-order valence-corrected chi connectivity index (χ0v) is 10.4. The predicted molar refractivity (Wildman–Crippen MR) is 65.9 cm³/mol. The van der Waals surface area contributed by atoms with Gasteiger partial charge in [-0.05, 0) is 40.9 Å². The molecule has 1 aliphatic rings. The summed E-state index contributed by atoms with van der Waals surface area (Å²) in [7, 11) is 0. The van der Waals surface area contributed by atoms with Crippen molar-refractivity contribution < 1.29 is 4.79 Å². The van der Waals surface area contributed by atoms with Crippen LogP contribution in [0.1, 0.15) is 19.3 Å². The minimum absolute atomic E-state index is 0.0644. The maximum absolute atomic E-state index is 11.2. The van der Waals surface area contributed by atoms with Gasteiger partial charge in [-0.1, -0.05) is 6.42 Å². The topological polar surface area (TPSA) is 68.0 Å². The molecule has 1 fully saturated rings. The molecule has 3 N–H and O–H groups in total. The summed E-state index contributed by atoms with van der Waals surface area (Å²) in [6, 6.07) is 3.94. The summed E-state index contributed by atoms with van der Waals surface area (Å²) in [6.45, 7) is 0. The first-order chi connectivity index (χ1) is 7.66. The van der Waals surface area contributed by atoms with Crippen LogP contribution in [0.25, 0.3) is 0 Å². The van der Waals surface area contributed by atoms with Crippen LogP contribution in [0.4, 0.5) is 5.82 Å². The van der Waals surface area contributed by atoms with Crippen LogP contribution in [0, 0.1) is 5.92 Å². The Morgan fingerprint density at radius 3 is 2.94 bits per heavy atom. The molecule has 86 valence electrons. The number of pyridine rings is 1. The molecule has 5 heteroatoms. The molecule has 0 aliphatic heterocycles. The number of halogens is 1. The summed E-state index contributed by atoms with van der Waals surface area (Å²) in [5, 5.41) is 3.27. The molecule has 16 heavy (non-hydrogen) atoms. The largest absolute Gasteiger partial charge is 0.369 e. The predicted octanol–water partition coefficient (Wildman–Crippen LogP) is 1.91. The van der Waals surface area contributed by atoms with Crippen molar-refractivity contribution in [1.29, 1.82) is 0 Å². The second-order valence-corrected chi connectivity index (χ2v) is 4.97. The van der Waals surface area contributed by atoms with Crippen molar-refractivity contribution in [1.82, 2.24) is 4.98 Å². The van der Waals surface area contributed by atoms with Crippen molar-refractivity contribution >= 4 is 27.7 Å². The average molecular weight is 284 g/mol. The Morgan fingerprint density at radius 1 is 1.50 bits per heavy atom. The molecule has 1 aliphatic carbocycles. The van der Waals surface area contributed by atoms with Gasteiger partial charge in [0.15, 0.2) is 0 Å². The van der Waals surface area contributed by atoms with E-state index in [9.17, 15) is 4.79 Å². The Morgan fingerprint density at radius 2 is 2.31 bits per heavy atom. The monoisotopic (exact) mass is 283 g/mol. The second kappa shape index (κ2) is 4.82. The van der Waals surface area contributed by atoms with Gasteiger partial charge in [0, 0.05) is 16.7 Å². The molecule has 0 aromatic carbocycles. The summed E-state index contributed by atoms with van der Waals surface area (Å²) in [5.74, 6) is 0.513.